The lowest BCUT2D eigenvalue weighted by Crippen LogP contribution is -2.38. The van der Waals surface area contributed by atoms with Crippen LogP contribution in [0, 0.1) is 0 Å². The molecule has 0 radical (unpaired) electrons. The maximum atomic E-state index is 15.9. The standard InChI is InChI=1S/C24H19ClF3NO2/c1-29-19-10-6-5-9-17(19)21(31-23(26)27)18(22(29)30)14-24(28)12-11-16(13-20(24)25)15-7-3-2-4-8-15/h2-13,20,23H,14H2,1H3. The lowest BCUT2D eigenvalue weighted by Gasteiger charge is -2.29. The van der Waals surface area contributed by atoms with Gasteiger partial charge in [0.05, 0.1) is 16.5 Å². The number of para-hydroxylation sites is 1. The van der Waals surface area contributed by atoms with Gasteiger partial charge >= 0.3 is 6.61 Å². The summed E-state index contributed by atoms with van der Waals surface area (Å²) in [7, 11) is 1.51. The first-order chi connectivity index (χ1) is 14.8. The zero-order valence-corrected chi connectivity index (χ0v) is 17.3. The number of ether oxygens (including phenoxy) is 1. The summed E-state index contributed by atoms with van der Waals surface area (Å²) in [5, 5.41) is -0.807. The van der Waals surface area contributed by atoms with E-state index < -0.39 is 29.6 Å². The molecule has 0 N–H and O–H groups in total. The number of nitrogens with zero attached hydrogens (tertiary/aromatic N) is 1. The summed E-state index contributed by atoms with van der Waals surface area (Å²) >= 11 is 6.39. The molecule has 3 aromatic rings. The normalized spacial score (nSPS) is 20.8. The first-order valence-electron chi connectivity index (χ1n) is 9.65. The van der Waals surface area contributed by atoms with Crippen LogP contribution in [0.5, 0.6) is 5.75 Å². The molecule has 0 spiro atoms. The lowest BCUT2D eigenvalue weighted by molar-refractivity contribution is -0.0497. The molecule has 1 aliphatic carbocycles. The molecule has 1 heterocycles. The van der Waals surface area contributed by atoms with Crippen molar-refractivity contribution in [1.82, 2.24) is 4.57 Å². The van der Waals surface area contributed by atoms with Gasteiger partial charge in [0.25, 0.3) is 5.56 Å². The summed E-state index contributed by atoms with van der Waals surface area (Å²) < 4.78 is 48.3. The van der Waals surface area contributed by atoms with Crippen molar-refractivity contribution in [2.45, 2.75) is 24.1 Å². The predicted octanol–water partition coefficient (Wildman–Crippen LogP) is 5.65. The fourth-order valence-corrected chi connectivity index (χ4v) is 4.12. The number of aryl methyl sites for hydroxylation is 1. The Morgan fingerprint density at radius 2 is 1.81 bits per heavy atom. The number of fused-ring (bicyclic) bond motifs is 1. The molecule has 1 aromatic heterocycles. The molecular formula is C24H19ClF3NO2. The predicted molar refractivity (Wildman–Crippen MR) is 117 cm³/mol. The molecule has 4 rings (SSSR count). The van der Waals surface area contributed by atoms with Gasteiger partial charge in [0.2, 0.25) is 0 Å². The Morgan fingerprint density at radius 1 is 1.13 bits per heavy atom. The van der Waals surface area contributed by atoms with Crippen molar-refractivity contribution in [2.75, 3.05) is 0 Å². The van der Waals surface area contributed by atoms with E-state index >= 15 is 4.39 Å². The summed E-state index contributed by atoms with van der Waals surface area (Å²) in [6.45, 7) is -3.16. The van der Waals surface area contributed by atoms with Crippen molar-refractivity contribution in [1.29, 1.82) is 0 Å². The molecule has 0 amide bonds. The molecule has 0 saturated heterocycles. The van der Waals surface area contributed by atoms with Crippen molar-refractivity contribution in [3.8, 4) is 5.75 Å². The molecule has 1 aliphatic rings. The molecule has 7 heteroatoms. The second-order valence-electron chi connectivity index (χ2n) is 7.39. The first kappa shape index (κ1) is 21.2. The largest absolute Gasteiger partial charge is 0.434 e. The SMILES string of the molecule is Cn1c(=O)c(CC2(F)C=CC(c3ccccc3)=CC2Cl)c(OC(F)F)c2ccccc21. The van der Waals surface area contributed by atoms with Crippen LogP contribution >= 0.6 is 11.6 Å². The van der Waals surface area contributed by atoms with E-state index in [9.17, 15) is 13.6 Å². The average molecular weight is 446 g/mol. The molecule has 0 aliphatic heterocycles. The highest BCUT2D eigenvalue weighted by molar-refractivity contribution is 6.23. The van der Waals surface area contributed by atoms with Crippen molar-refractivity contribution in [3.63, 3.8) is 0 Å². The van der Waals surface area contributed by atoms with Gasteiger partial charge in [0.15, 0.2) is 5.67 Å². The summed E-state index contributed by atoms with van der Waals surface area (Å²) in [5.41, 5.74) is -0.932. The fraction of sp³-hybridized carbons (Fsp3) is 0.208. The molecule has 0 bridgehead atoms. The molecule has 2 atom stereocenters. The van der Waals surface area contributed by atoms with Crippen LogP contribution < -0.4 is 10.3 Å². The van der Waals surface area contributed by atoms with E-state index in [0.717, 1.165) is 11.1 Å². The van der Waals surface area contributed by atoms with Crippen LogP contribution in [-0.2, 0) is 13.5 Å². The minimum Gasteiger partial charge on any atom is -0.434 e. The second kappa shape index (κ2) is 8.27. The zero-order valence-electron chi connectivity index (χ0n) is 16.6. The number of hydrogen-bond donors (Lipinski definition) is 0. The Kier molecular flexibility index (Phi) is 5.67. The van der Waals surface area contributed by atoms with Gasteiger partial charge in [-0.1, -0.05) is 54.6 Å². The quantitative estimate of drug-likeness (QED) is 0.475. The molecule has 3 nitrogen and oxygen atoms in total. The molecule has 160 valence electrons. The fourth-order valence-electron chi connectivity index (χ4n) is 3.83. The van der Waals surface area contributed by atoms with Gasteiger partial charge in [0.1, 0.15) is 5.75 Å². The van der Waals surface area contributed by atoms with Gasteiger partial charge in [0, 0.05) is 18.9 Å². The van der Waals surface area contributed by atoms with Crippen LogP contribution in [0.25, 0.3) is 16.5 Å². The topological polar surface area (TPSA) is 31.2 Å². The number of alkyl halides is 4. The Morgan fingerprint density at radius 3 is 2.48 bits per heavy atom. The molecule has 2 aromatic carbocycles. The van der Waals surface area contributed by atoms with Gasteiger partial charge in [-0.2, -0.15) is 8.78 Å². The third kappa shape index (κ3) is 4.00. The number of benzene rings is 2. The van der Waals surface area contributed by atoms with Crippen LogP contribution in [0.1, 0.15) is 11.1 Å². The Hall–Kier alpha value is -2.99. The smallest absolute Gasteiger partial charge is 0.387 e. The zero-order chi connectivity index (χ0) is 22.2. The van der Waals surface area contributed by atoms with Crippen LogP contribution in [0.3, 0.4) is 0 Å². The highest BCUT2D eigenvalue weighted by Crippen LogP contribution is 2.38. The van der Waals surface area contributed by atoms with Crippen LogP contribution in [0.2, 0.25) is 0 Å². The van der Waals surface area contributed by atoms with Crippen LogP contribution in [0.15, 0.2) is 77.6 Å². The minimum absolute atomic E-state index is 0.184. The van der Waals surface area contributed by atoms with Crippen molar-refractivity contribution >= 4 is 28.1 Å². The van der Waals surface area contributed by atoms with Crippen LogP contribution in [0.4, 0.5) is 13.2 Å². The van der Waals surface area contributed by atoms with Crippen LogP contribution in [-0.4, -0.2) is 22.2 Å². The van der Waals surface area contributed by atoms with Gasteiger partial charge in [-0.25, -0.2) is 4.39 Å². The molecule has 2 unspecified atom stereocenters. The number of allylic oxidation sites excluding steroid dienone is 4. The third-order valence-corrected chi connectivity index (χ3v) is 5.92. The highest BCUT2D eigenvalue weighted by Gasteiger charge is 2.39. The summed E-state index contributed by atoms with van der Waals surface area (Å²) in [4.78, 5) is 13.0. The van der Waals surface area contributed by atoms with Crippen molar-refractivity contribution < 1.29 is 17.9 Å². The maximum absolute atomic E-state index is 15.9. The number of hydrogen-bond acceptors (Lipinski definition) is 2. The van der Waals surface area contributed by atoms with Gasteiger partial charge in [-0.15, -0.1) is 11.6 Å². The number of rotatable bonds is 5. The number of halogens is 4. The van der Waals surface area contributed by atoms with Gasteiger partial charge < -0.3 is 9.30 Å². The molecular weight excluding hydrogens is 427 g/mol. The van der Waals surface area contributed by atoms with E-state index in [1.807, 2.05) is 30.3 Å². The molecule has 0 fully saturated rings. The number of pyridine rings is 1. The third-order valence-electron chi connectivity index (χ3n) is 5.43. The van der Waals surface area contributed by atoms with E-state index in [2.05, 4.69) is 0 Å². The number of aromatic nitrogens is 1. The van der Waals surface area contributed by atoms with E-state index in [1.165, 1.54) is 17.7 Å². The van der Waals surface area contributed by atoms with E-state index in [4.69, 9.17) is 16.3 Å². The molecule has 31 heavy (non-hydrogen) atoms. The Bertz CT molecular complexity index is 1240. The van der Waals surface area contributed by atoms with Crippen molar-refractivity contribution in [3.05, 3.63) is 94.3 Å². The van der Waals surface area contributed by atoms with E-state index in [-0.39, 0.29) is 11.3 Å². The summed E-state index contributed by atoms with van der Waals surface area (Å²) in [6.07, 6.45) is 3.94. The lowest BCUT2D eigenvalue weighted by atomic mass is 9.85. The minimum atomic E-state index is -3.16. The Labute approximate surface area is 182 Å². The average Bonchev–Trinajstić information content (AvgIpc) is 2.77. The van der Waals surface area contributed by atoms with Gasteiger partial charge in [-0.05, 0) is 29.3 Å². The van der Waals surface area contributed by atoms with E-state index in [1.54, 1.807) is 36.4 Å². The maximum Gasteiger partial charge on any atom is 0.387 e. The first-order valence-corrected chi connectivity index (χ1v) is 10.1. The van der Waals surface area contributed by atoms with Gasteiger partial charge in [-0.3, -0.25) is 4.79 Å². The molecule has 0 saturated carbocycles. The highest BCUT2D eigenvalue weighted by atomic mass is 35.5. The van der Waals surface area contributed by atoms with E-state index in [0.29, 0.717) is 10.9 Å². The summed E-state index contributed by atoms with van der Waals surface area (Å²) in [6, 6.07) is 15.8. The second-order valence-corrected chi connectivity index (χ2v) is 7.86. The summed E-state index contributed by atoms with van der Waals surface area (Å²) in [5.74, 6) is -0.319. The van der Waals surface area contributed by atoms with Crippen molar-refractivity contribution in [2.24, 2.45) is 7.05 Å². The monoisotopic (exact) mass is 445 g/mol. The Balaban J connectivity index is 1.78.